The van der Waals surface area contributed by atoms with Crippen LogP contribution in [0, 0.1) is 0 Å². The van der Waals surface area contributed by atoms with Crippen molar-refractivity contribution in [2.45, 2.75) is 13.3 Å². The number of amides is 3. The second-order valence-electron chi connectivity index (χ2n) is 7.44. The SMILES string of the molecule is CCc1ccc(NC(=O)c2cccc(NC3=C(Cl)C(=O)N(c4ccc(Cl)cc4Cl)C3=O)c2)cc1. The first-order valence-electron chi connectivity index (χ1n) is 10.3. The molecule has 1 aliphatic rings. The summed E-state index contributed by atoms with van der Waals surface area (Å²) in [7, 11) is 0. The van der Waals surface area contributed by atoms with Gasteiger partial charge in [0.2, 0.25) is 0 Å². The molecule has 3 aromatic rings. The third-order valence-electron chi connectivity index (χ3n) is 5.19. The van der Waals surface area contributed by atoms with E-state index in [0.29, 0.717) is 22.0 Å². The van der Waals surface area contributed by atoms with Crippen molar-refractivity contribution in [3.8, 4) is 0 Å². The zero-order valence-corrected chi connectivity index (χ0v) is 20.1. The first-order chi connectivity index (χ1) is 16.3. The highest BCUT2D eigenvalue weighted by Crippen LogP contribution is 2.35. The van der Waals surface area contributed by atoms with Gasteiger partial charge in [0.1, 0.15) is 10.7 Å². The fourth-order valence-corrected chi connectivity index (χ4v) is 4.11. The van der Waals surface area contributed by atoms with Crippen LogP contribution in [-0.2, 0) is 16.0 Å². The van der Waals surface area contributed by atoms with Crippen LogP contribution in [0.1, 0.15) is 22.8 Å². The van der Waals surface area contributed by atoms with Gasteiger partial charge in [-0.3, -0.25) is 14.4 Å². The van der Waals surface area contributed by atoms with Crippen molar-refractivity contribution < 1.29 is 14.4 Å². The first-order valence-corrected chi connectivity index (χ1v) is 11.4. The molecule has 0 aliphatic carbocycles. The molecule has 6 nitrogen and oxygen atoms in total. The van der Waals surface area contributed by atoms with Gasteiger partial charge in [0.15, 0.2) is 0 Å². The van der Waals surface area contributed by atoms with Crippen molar-refractivity contribution in [2.24, 2.45) is 0 Å². The standard InChI is InChI=1S/C25H18Cl3N3O3/c1-2-14-6-9-17(10-7-14)30-23(32)15-4-3-5-18(12-15)29-22-21(28)24(33)31(25(22)34)20-11-8-16(26)13-19(20)27/h3-13,29H,2H2,1H3,(H,30,32). The van der Waals surface area contributed by atoms with Gasteiger partial charge in [-0.2, -0.15) is 0 Å². The molecule has 1 heterocycles. The molecule has 0 saturated heterocycles. The van der Waals surface area contributed by atoms with E-state index in [1.54, 1.807) is 24.3 Å². The first kappa shape index (κ1) is 23.8. The van der Waals surface area contributed by atoms with Crippen molar-refractivity contribution in [1.82, 2.24) is 0 Å². The van der Waals surface area contributed by atoms with Gasteiger partial charge in [0.05, 0.1) is 10.7 Å². The maximum atomic E-state index is 13.0. The Morgan fingerprint density at radius 1 is 0.882 bits per heavy atom. The molecular weight excluding hydrogens is 497 g/mol. The van der Waals surface area contributed by atoms with E-state index in [1.807, 2.05) is 24.3 Å². The molecule has 0 fully saturated rings. The van der Waals surface area contributed by atoms with Crippen LogP contribution < -0.4 is 15.5 Å². The van der Waals surface area contributed by atoms with E-state index >= 15 is 0 Å². The fourth-order valence-electron chi connectivity index (χ4n) is 3.40. The van der Waals surface area contributed by atoms with Crippen LogP contribution in [-0.4, -0.2) is 17.7 Å². The summed E-state index contributed by atoms with van der Waals surface area (Å²) in [5, 5.41) is 5.90. The van der Waals surface area contributed by atoms with Gasteiger partial charge in [0.25, 0.3) is 17.7 Å². The number of imide groups is 1. The van der Waals surface area contributed by atoms with Gasteiger partial charge in [-0.15, -0.1) is 0 Å². The molecular formula is C25H18Cl3N3O3. The molecule has 2 N–H and O–H groups in total. The van der Waals surface area contributed by atoms with Crippen molar-refractivity contribution in [1.29, 1.82) is 0 Å². The molecule has 0 saturated carbocycles. The summed E-state index contributed by atoms with van der Waals surface area (Å²) in [6.45, 7) is 2.06. The van der Waals surface area contributed by atoms with Crippen molar-refractivity contribution in [3.63, 3.8) is 0 Å². The number of benzene rings is 3. The number of aryl methyl sites for hydroxylation is 1. The minimum Gasteiger partial charge on any atom is -0.350 e. The van der Waals surface area contributed by atoms with Crippen molar-refractivity contribution in [2.75, 3.05) is 15.5 Å². The monoisotopic (exact) mass is 513 g/mol. The zero-order valence-electron chi connectivity index (χ0n) is 17.9. The quantitative estimate of drug-likeness (QED) is 0.382. The Hall–Kier alpha value is -3.32. The highest BCUT2D eigenvalue weighted by Gasteiger charge is 2.39. The van der Waals surface area contributed by atoms with E-state index in [4.69, 9.17) is 34.8 Å². The number of halogens is 3. The van der Waals surface area contributed by atoms with Crippen LogP contribution >= 0.6 is 34.8 Å². The van der Waals surface area contributed by atoms with Gasteiger partial charge in [-0.25, -0.2) is 4.90 Å². The van der Waals surface area contributed by atoms with Crippen LogP contribution in [0.3, 0.4) is 0 Å². The molecule has 3 aromatic carbocycles. The number of hydrogen-bond donors (Lipinski definition) is 2. The Balaban J connectivity index is 1.53. The lowest BCUT2D eigenvalue weighted by Crippen LogP contribution is -2.32. The van der Waals surface area contributed by atoms with Gasteiger partial charge >= 0.3 is 0 Å². The third-order valence-corrected chi connectivity index (χ3v) is 6.08. The van der Waals surface area contributed by atoms with E-state index < -0.39 is 11.8 Å². The predicted octanol–water partition coefficient (Wildman–Crippen LogP) is 6.24. The summed E-state index contributed by atoms with van der Waals surface area (Å²) in [6.07, 6.45) is 0.906. The highest BCUT2D eigenvalue weighted by atomic mass is 35.5. The summed E-state index contributed by atoms with van der Waals surface area (Å²) in [5.74, 6) is -1.72. The Kier molecular flexibility index (Phi) is 6.93. The maximum Gasteiger partial charge on any atom is 0.283 e. The number of nitrogens with one attached hydrogen (secondary N) is 2. The average Bonchev–Trinajstić information content (AvgIpc) is 3.03. The molecule has 9 heteroatoms. The molecule has 34 heavy (non-hydrogen) atoms. The van der Waals surface area contributed by atoms with Crippen LogP contribution in [0.4, 0.5) is 17.1 Å². The molecule has 3 amide bonds. The number of nitrogens with zero attached hydrogens (tertiary/aromatic N) is 1. The van der Waals surface area contributed by atoms with Crippen LogP contribution in [0.2, 0.25) is 10.0 Å². The van der Waals surface area contributed by atoms with Crippen LogP contribution in [0.15, 0.2) is 77.5 Å². The average molecular weight is 515 g/mol. The molecule has 4 rings (SSSR count). The zero-order chi connectivity index (χ0) is 24.4. The normalized spacial score (nSPS) is 13.5. The second kappa shape index (κ2) is 9.89. The van der Waals surface area contributed by atoms with Gasteiger partial charge in [0, 0.05) is 22.0 Å². The van der Waals surface area contributed by atoms with E-state index in [-0.39, 0.29) is 27.3 Å². The van der Waals surface area contributed by atoms with E-state index in [0.717, 1.165) is 11.3 Å². The molecule has 0 bridgehead atoms. The molecule has 0 aromatic heterocycles. The number of anilines is 3. The highest BCUT2D eigenvalue weighted by molar-refractivity contribution is 6.54. The molecule has 0 atom stereocenters. The number of carbonyl (C=O) groups is 3. The number of carbonyl (C=O) groups excluding carboxylic acids is 3. The van der Waals surface area contributed by atoms with Crippen LogP contribution in [0.25, 0.3) is 0 Å². The lowest BCUT2D eigenvalue weighted by molar-refractivity contribution is -0.120. The summed E-state index contributed by atoms with van der Waals surface area (Å²) in [6, 6.07) is 18.5. The molecule has 0 radical (unpaired) electrons. The summed E-state index contributed by atoms with van der Waals surface area (Å²) in [5.41, 5.74) is 2.64. The van der Waals surface area contributed by atoms with Crippen molar-refractivity contribution >= 4 is 69.6 Å². The minimum absolute atomic E-state index is 0.120. The minimum atomic E-state index is -0.720. The summed E-state index contributed by atoms with van der Waals surface area (Å²) in [4.78, 5) is 39.3. The lowest BCUT2D eigenvalue weighted by Gasteiger charge is -2.16. The van der Waals surface area contributed by atoms with E-state index in [1.165, 1.54) is 23.8 Å². The Morgan fingerprint density at radius 2 is 1.62 bits per heavy atom. The molecule has 0 unspecified atom stereocenters. The van der Waals surface area contributed by atoms with Crippen LogP contribution in [0.5, 0.6) is 0 Å². The lowest BCUT2D eigenvalue weighted by atomic mass is 10.1. The number of rotatable bonds is 6. The van der Waals surface area contributed by atoms with Gasteiger partial charge in [-0.05, 0) is 60.5 Å². The van der Waals surface area contributed by atoms with Gasteiger partial charge in [-0.1, -0.05) is 59.9 Å². The van der Waals surface area contributed by atoms with E-state index in [9.17, 15) is 14.4 Å². The summed E-state index contributed by atoms with van der Waals surface area (Å²) >= 11 is 18.3. The molecule has 172 valence electrons. The Bertz CT molecular complexity index is 1340. The maximum absolute atomic E-state index is 13.0. The summed E-state index contributed by atoms with van der Waals surface area (Å²) < 4.78 is 0. The Morgan fingerprint density at radius 3 is 2.29 bits per heavy atom. The smallest absolute Gasteiger partial charge is 0.283 e. The van der Waals surface area contributed by atoms with E-state index in [2.05, 4.69) is 17.6 Å². The topological polar surface area (TPSA) is 78.5 Å². The second-order valence-corrected chi connectivity index (χ2v) is 8.66. The largest absolute Gasteiger partial charge is 0.350 e. The predicted molar refractivity (Wildman–Crippen MR) is 136 cm³/mol. The fraction of sp³-hybridized carbons (Fsp3) is 0.0800. The Labute approximate surface area is 211 Å². The molecule has 1 aliphatic heterocycles. The number of hydrogen-bond acceptors (Lipinski definition) is 4. The van der Waals surface area contributed by atoms with Gasteiger partial charge < -0.3 is 10.6 Å². The third kappa shape index (κ3) is 4.80. The molecule has 0 spiro atoms. The van der Waals surface area contributed by atoms with Crippen molar-refractivity contribution in [3.05, 3.63) is 98.6 Å².